The zero-order chi connectivity index (χ0) is 8.10. The Bertz CT molecular complexity index is 91.0. The lowest BCUT2D eigenvalue weighted by Gasteiger charge is -2.05. The summed E-state index contributed by atoms with van der Waals surface area (Å²) >= 11 is 0. The maximum absolute atomic E-state index is 3.49. The Morgan fingerprint density at radius 1 is 1.27 bits per heavy atom. The summed E-state index contributed by atoms with van der Waals surface area (Å²) < 4.78 is 0. The molecule has 1 heteroatoms. The van der Waals surface area contributed by atoms with Crippen LogP contribution in [0.4, 0.5) is 0 Å². The maximum atomic E-state index is 3.49. The van der Waals surface area contributed by atoms with Crippen LogP contribution >= 0.6 is 0 Å². The van der Waals surface area contributed by atoms with E-state index in [4.69, 9.17) is 0 Å². The van der Waals surface area contributed by atoms with Gasteiger partial charge in [-0.3, -0.25) is 0 Å². The molecule has 1 N–H and O–H groups in total. The van der Waals surface area contributed by atoms with Crippen LogP contribution in [0, 0.1) is 11.8 Å². The third-order valence-corrected chi connectivity index (χ3v) is 2.32. The number of rotatable bonds is 6. The fraction of sp³-hybridized carbons (Fsp3) is 1.00. The predicted molar refractivity (Wildman–Crippen MR) is 49.7 cm³/mol. The Morgan fingerprint density at radius 3 is 2.55 bits per heavy atom. The lowest BCUT2D eigenvalue weighted by Crippen LogP contribution is -2.18. The Balaban J connectivity index is 1.73. The quantitative estimate of drug-likeness (QED) is 0.581. The van der Waals surface area contributed by atoms with Gasteiger partial charge in [0.05, 0.1) is 0 Å². The Labute approximate surface area is 70.6 Å². The van der Waals surface area contributed by atoms with Gasteiger partial charge in [-0.2, -0.15) is 0 Å². The second-order valence-corrected chi connectivity index (χ2v) is 4.16. The van der Waals surface area contributed by atoms with Crippen LogP contribution in [0.5, 0.6) is 0 Å². The Kier molecular flexibility index (Phi) is 3.92. The van der Waals surface area contributed by atoms with Crippen LogP contribution in [-0.4, -0.2) is 13.1 Å². The van der Waals surface area contributed by atoms with Crippen molar-refractivity contribution < 1.29 is 0 Å². The molecule has 1 fully saturated rings. The van der Waals surface area contributed by atoms with Crippen LogP contribution < -0.4 is 5.32 Å². The molecule has 66 valence electrons. The second kappa shape index (κ2) is 4.76. The van der Waals surface area contributed by atoms with E-state index in [0.717, 1.165) is 11.8 Å². The highest BCUT2D eigenvalue weighted by Gasteiger charge is 2.19. The van der Waals surface area contributed by atoms with E-state index in [1.54, 1.807) is 0 Å². The molecule has 11 heavy (non-hydrogen) atoms. The van der Waals surface area contributed by atoms with Crippen LogP contribution in [-0.2, 0) is 0 Å². The van der Waals surface area contributed by atoms with Crippen molar-refractivity contribution in [3.05, 3.63) is 0 Å². The summed E-state index contributed by atoms with van der Waals surface area (Å²) in [4.78, 5) is 0. The summed E-state index contributed by atoms with van der Waals surface area (Å²) in [5, 5.41) is 3.49. The predicted octanol–water partition coefficient (Wildman–Crippen LogP) is 2.42. The summed E-state index contributed by atoms with van der Waals surface area (Å²) in [7, 11) is 0. The van der Waals surface area contributed by atoms with E-state index >= 15 is 0 Å². The van der Waals surface area contributed by atoms with Crippen LogP contribution in [0.1, 0.15) is 39.5 Å². The topological polar surface area (TPSA) is 12.0 Å². The van der Waals surface area contributed by atoms with E-state index in [1.807, 2.05) is 0 Å². The molecule has 0 spiro atoms. The van der Waals surface area contributed by atoms with Crippen molar-refractivity contribution in [2.45, 2.75) is 39.5 Å². The fourth-order valence-corrected chi connectivity index (χ4v) is 1.23. The normalized spacial score (nSPS) is 17.7. The summed E-state index contributed by atoms with van der Waals surface area (Å²) in [5.74, 6) is 1.94. The Hall–Kier alpha value is -0.0400. The first kappa shape index (κ1) is 9.05. The van der Waals surface area contributed by atoms with E-state index in [1.165, 1.54) is 38.8 Å². The molecule has 0 aromatic carbocycles. The van der Waals surface area contributed by atoms with Crippen molar-refractivity contribution in [1.29, 1.82) is 0 Å². The van der Waals surface area contributed by atoms with Crippen molar-refractivity contribution in [3.63, 3.8) is 0 Å². The zero-order valence-corrected chi connectivity index (χ0v) is 7.90. The molecule has 0 unspecified atom stereocenters. The monoisotopic (exact) mass is 155 g/mol. The van der Waals surface area contributed by atoms with E-state index < -0.39 is 0 Å². The minimum absolute atomic E-state index is 0.850. The minimum Gasteiger partial charge on any atom is -0.317 e. The number of hydrogen-bond acceptors (Lipinski definition) is 1. The maximum Gasteiger partial charge on any atom is -0.00463 e. The molecule has 0 aromatic rings. The molecule has 1 saturated carbocycles. The molecule has 0 saturated heterocycles. The average Bonchev–Trinajstić information content (AvgIpc) is 2.70. The van der Waals surface area contributed by atoms with Crippen LogP contribution in [0.2, 0.25) is 0 Å². The average molecular weight is 155 g/mol. The lowest BCUT2D eigenvalue weighted by atomic mass is 10.1. The molecular weight excluding hydrogens is 134 g/mol. The summed E-state index contributed by atoms with van der Waals surface area (Å²) in [6.45, 7) is 7.02. The summed E-state index contributed by atoms with van der Waals surface area (Å²) in [6.07, 6.45) is 5.72. The largest absolute Gasteiger partial charge is 0.317 e. The molecule has 0 heterocycles. The van der Waals surface area contributed by atoms with Gasteiger partial charge >= 0.3 is 0 Å². The van der Waals surface area contributed by atoms with Gasteiger partial charge < -0.3 is 5.32 Å². The molecule has 1 rings (SSSR count). The molecule has 0 bridgehead atoms. The van der Waals surface area contributed by atoms with E-state index in [-0.39, 0.29) is 0 Å². The van der Waals surface area contributed by atoms with Gasteiger partial charge in [-0.25, -0.2) is 0 Å². The van der Waals surface area contributed by atoms with Gasteiger partial charge in [-0.1, -0.05) is 26.7 Å². The van der Waals surface area contributed by atoms with Crippen molar-refractivity contribution >= 4 is 0 Å². The van der Waals surface area contributed by atoms with Crippen LogP contribution in [0.3, 0.4) is 0 Å². The smallest absolute Gasteiger partial charge is 0.00463 e. The first-order valence-corrected chi connectivity index (χ1v) is 4.99. The fourth-order valence-electron chi connectivity index (χ4n) is 1.23. The molecule has 0 atom stereocenters. The van der Waals surface area contributed by atoms with Gasteiger partial charge in [0, 0.05) is 0 Å². The van der Waals surface area contributed by atoms with Gasteiger partial charge in [0.15, 0.2) is 0 Å². The summed E-state index contributed by atoms with van der Waals surface area (Å²) in [5.41, 5.74) is 0. The standard InChI is InChI=1S/C10H21N/c1-9(2)5-7-11-8-6-10-3-4-10/h9-11H,3-8H2,1-2H3. The third-order valence-electron chi connectivity index (χ3n) is 2.32. The van der Waals surface area contributed by atoms with E-state index in [0.29, 0.717) is 0 Å². The number of nitrogens with one attached hydrogen (secondary N) is 1. The number of hydrogen-bond donors (Lipinski definition) is 1. The van der Waals surface area contributed by atoms with Crippen LogP contribution in [0.15, 0.2) is 0 Å². The van der Waals surface area contributed by atoms with E-state index in [2.05, 4.69) is 19.2 Å². The third kappa shape index (κ3) is 5.25. The molecule has 0 aliphatic heterocycles. The van der Waals surface area contributed by atoms with Gasteiger partial charge in [0.1, 0.15) is 0 Å². The van der Waals surface area contributed by atoms with Crippen molar-refractivity contribution in [2.75, 3.05) is 13.1 Å². The first-order chi connectivity index (χ1) is 5.29. The van der Waals surface area contributed by atoms with Gasteiger partial charge in [0.2, 0.25) is 0 Å². The summed E-state index contributed by atoms with van der Waals surface area (Å²) in [6, 6.07) is 0. The molecule has 1 nitrogen and oxygen atoms in total. The van der Waals surface area contributed by atoms with Crippen molar-refractivity contribution in [2.24, 2.45) is 11.8 Å². The first-order valence-electron chi connectivity index (χ1n) is 4.99. The highest BCUT2D eigenvalue weighted by Crippen LogP contribution is 2.31. The SMILES string of the molecule is CC(C)CCNCCC1CC1. The lowest BCUT2D eigenvalue weighted by molar-refractivity contribution is 0.524. The van der Waals surface area contributed by atoms with Crippen molar-refractivity contribution in [3.8, 4) is 0 Å². The molecular formula is C10H21N. The van der Waals surface area contributed by atoms with Gasteiger partial charge in [-0.05, 0) is 37.8 Å². The highest BCUT2D eigenvalue weighted by molar-refractivity contribution is 4.73. The second-order valence-electron chi connectivity index (χ2n) is 4.16. The minimum atomic E-state index is 0.850. The molecule has 1 aliphatic rings. The molecule has 0 amide bonds. The highest BCUT2D eigenvalue weighted by atomic mass is 14.8. The van der Waals surface area contributed by atoms with E-state index in [9.17, 15) is 0 Å². The van der Waals surface area contributed by atoms with Crippen LogP contribution in [0.25, 0.3) is 0 Å². The van der Waals surface area contributed by atoms with Crippen molar-refractivity contribution in [1.82, 2.24) is 5.32 Å². The zero-order valence-electron chi connectivity index (χ0n) is 7.90. The van der Waals surface area contributed by atoms with Gasteiger partial charge in [0.25, 0.3) is 0 Å². The molecule has 0 radical (unpaired) electrons. The molecule has 1 aliphatic carbocycles. The van der Waals surface area contributed by atoms with Gasteiger partial charge in [-0.15, -0.1) is 0 Å². The molecule has 0 aromatic heterocycles. The Morgan fingerprint density at radius 2 is 2.00 bits per heavy atom.